The van der Waals surface area contributed by atoms with Crippen LogP contribution in [0.4, 0.5) is 0 Å². The van der Waals surface area contributed by atoms with E-state index in [4.69, 9.17) is 5.73 Å². The number of nitrogens with zero attached hydrogens (tertiary/aromatic N) is 1. The molecule has 2 atom stereocenters. The van der Waals surface area contributed by atoms with Gasteiger partial charge in [0.1, 0.15) is 0 Å². The molecule has 0 aromatic heterocycles. The highest BCUT2D eigenvalue weighted by Crippen LogP contribution is 2.24. The van der Waals surface area contributed by atoms with Gasteiger partial charge in [-0.1, -0.05) is 13.8 Å². The van der Waals surface area contributed by atoms with E-state index in [1.807, 2.05) is 11.8 Å². The molecule has 2 rings (SSSR count). The van der Waals surface area contributed by atoms with Crippen molar-refractivity contribution in [1.29, 1.82) is 0 Å². The molecule has 1 aliphatic heterocycles. The van der Waals surface area contributed by atoms with Gasteiger partial charge in [-0.25, -0.2) is 8.42 Å². The van der Waals surface area contributed by atoms with Gasteiger partial charge in [0.05, 0.1) is 10.6 Å². The van der Waals surface area contributed by atoms with Crippen LogP contribution in [-0.4, -0.2) is 44.1 Å². The minimum atomic E-state index is -3.25. The summed E-state index contributed by atoms with van der Waals surface area (Å²) in [4.78, 5) is 14.8. The third-order valence-corrected chi connectivity index (χ3v) is 6.49. The van der Waals surface area contributed by atoms with E-state index in [-0.39, 0.29) is 22.6 Å². The molecule has 1 heterocycles. The Morgan fingerprint density at radius 3 is 2.52 bits per heavy atom. The van der Waals surface area contributed by atoms with Crippen LogP contribution in [0.15, 0.2) is 29.2 Å². The van der Waals surface area contributed by atoms with Gasteiger partial charge in [-0.3, -0.25) is 4.79 Å². The van der Waals surface area contributed by atoms with Crippen LogP contribution in [0.2, 0.25) is 0 Å². The first kappa shape index (κ1) is 17.9. The summed E-state index contributed by atoms with van der Waals surface area (Å²) >= 11 is 0. The fourth-order valence-corrected chi connectivity index (χ4v) is 4.54. The van der Waals surface area contributed by atoms with Gasteiger partial charge < -0.3 is 10.6 Å². The zero-order valence-corrected chi connectivity index (χ0v) is 14.7. The highest BCUT2D eigenvalue weighted by molar-refractivity contribution is 7.91. The molecule has 0 spiro atoms. The van der Waals surface area contributed by atoms with E-state index in [1.54, 1.807) is 12.1 Å². The van der Waals surface area contributed by atoms with Crippen LogP contribution in [0.5, 0.6) is 0 Å². The lowest BCUT2D eigenvalue weighted by atomic mass is 9.90. The first-order chi connectivity index (χ1) is 10.9. The molecule has 0 aliphatic carbocycles. The second-order valence-electron chi connectivity index (χ2n) is 6.26. The van der Waals surface area contributed by atoms with Crippen LogP contribution in [-0.2, 0) is 9.84 Å². The Morgan fingerprint density at radius 2 is 1.96 bits per heavy atom. The molecule has 1 aromatic carbocycles. The number of amides is 1. The van der Waals surface area contributed by atoms with Crippen LogP contribution < -0.4 is 5.73 Å². The maximum Gasteiger partial charge on any atom is 0.254 e. The zero-order valence-electron chi connectivity index (χ0n) is 13.9. The normalized spacial score (nSPS) is 22.1. The average Bonchev–Trinajstić information content (AvgIpc) is 2.54. The summed E-state index contributed by atoms with van der Waals surface area (Å²) in [5.41, 5.74) is 6.36. The maximum absolute atomic E-state index is 12.7. The van der Waals surface area contributed by atoms with Gasteiger partial charge in [0.2, 0.25) is 0 Å². The lowest BCUT2D eigenvalue weighted by molar-refractivity contribution is 0.0532. The Hall–Kier alpha value is -1.40. The second-order valence-corrected chi connectivity index (χ2v) is 8.37. The third-order valence-electron chi connectivity index (χ3n) is 4.55. The summed E-state index contributed by atoms with van der Waals surface area (Å²) in [6, 6.07) is 6.33. The lowest BCUT2D eigenvalue weighted by Crippen LogP contribution is -2.51. The van der Waals surface area contributed by atoms with Crippen molar-refractivity contribution < 1.29 is 13.2 Å². The Labute approximate surface area is 138 Å². The number of carbonyl (C=O) groups excluding carboxylic acids is 1. The van der Waals surface area contributed by atoms with E-state index in [1.165, 1.54) is 12.1 Å². The number of sulfone groups is 1. The summed E-state index contributed by atoms with van der Waals surface area (Å²) in [5.74, 6) is 0.451. The van der Waals surface area contributed by atoms with Crippen LogP contribution in [0.25, 0.3) is 0 Å². The monoisotopic (exact) mass is 338 g/mol. The first-order valence-corrected chi connectivity index (χ1v) is 9.89. The quantitative estimate of drug-likeness (QED) is 0.891. The summed E-state index contributed by atoms with van der Waals surface area (Å²) in [5, 5.41) is 0. The van der Waals surface area contributed by atoms with Crippen molar-refractivity contribution in [2.45, 2.75) is 44.0 Å². The van der Waals surface area contributed by atoms with E-state index >= 15 is 0 Å². The molecule has 1 aromatic rings. The standard InChI is InChI=1S/C17H26N2O3S/c1-3-11-23(21,22)15-8-6-14(7-9-15)17(20)19-10-4-5-13(2)16(19)12-18/h6-9,13,16H,3-5,10-12,18H2,1-2H3. The van der Waals surface area contributed by atoms with Crippen molar-refractivity contribution in [2.75, 3.05) is 18.8 Å². The van der Waals surface area contributed by atoms with E-state index in [2.05, 4.69) is 6.92 Å². The van der Waals surface area contributed by atoms with Crippen molar-refractivity contribution in [3.05, 3.63) is 29.8 Å². The predicted molar refractivity (Wildman–Crippen MR) is 91.1 cm³/mol. The number of hydrogen-bond donors (Lipinski definition) is 1. The Kier molecular flexibility index (Phi) is 5.81. The van der Waals surface area contributed by atoms with Gasteiger partial charge in [-0.2, -0.15) is 0 Å². The van der Waals surface area contributed by atoms with Crippen LogP contribution in [0.3, 0.4) is 0 Å². The number of nitrogens with two attached hydrogens (primary N) is 1. The molecule has 5 nitrogen and oxygen atoms in total. The largest absolute Gasteiger partial charge is 0.334 e. The maximum atomic E-state index is 12.7. The SMILES string of the molecule is CCCS(=O)(=O)c1ccc(C(=O)N2CCCC(C)C2CN)cc1. The van der Waals surface area contributed by atoms with Gasteiger partial charge in [-0.05, 0) is 49.4 Å². The summed E-state index contributed by atoms with van der Waals surface area (Å²) in [6.45, 7) is 5.12. The fourth-order valence-electron chi connectivity index (χ4n) is 3.22. The second kappa shape index (κ2) is 7.45. The minimum absolute atomic E-state index is 0.0553. The van der Waals surface area contributed by atoms with Crippen molar-refractivity contribution in [3.63, 3.8) is 0 Å². The van der Waals surface area contributed by atoms with Gasteiger partial charge in [0.15, 0.2) is 9.84 Å². The van der Waals surface area contributed by atoms with Crippen LogP contribution in [0.1, 0.15) is 43.5 Å². The molecule has 0 bridgehead atoms. The fraction of sp³-hybridized carbons (Fsp3) is 0.588. The number of benzene rings is 1. The molecule has 1 fully saturated rings. The van der Waals surface area contributed by atoms with E-state index < -0.39 is 9.84 Å². The highest BCUT2D eigenvalue weighted by Gasteiger charge is 2.31. The molecule has 128 valence electrons. The number of rotatable bonds is 5. The predicted octanol–water partition coefficient (Wildman–Crippen LogP) is 2.07. The molecule has 1 saturated heterocycles. The zero-order chi connectivity index (χ0) is 17.0. The molecule has 23 heavy (non-hydrogen) atoms. The summed E-state index contributed by atoms with van der Waals surface area (Å²) < 4.78 is 24.1. The van der Waals surface area contributed by atoms with Crippen molar-refractivity contribution in [3.8, 4) is 0 Å². The van der Waals surface area contributed by atoms with Gasteiger partial charge in [-0.15, -0.1) is 0 Å². The van der Waals surface area contributed by atoms with E-state index in [0.29, 0.717) is 31.0 Å². The molecular weight excluding hydrogens is 312 g/mol. The molecule has 2 N–H and O–H groups in total. The lowest BCUT2D eigenvalue weighted by Gasteiger charge is -2.39. The van der Waals surface area contributed by atoms with Gasteiger partial charge >= 0.3 is 0 Å². The topological polar surface area (TPSA) is 80.5 Å². The Balaban J connectivity index is 2.20. The summed E-state index contributed by atoms with van der Waals surface area (Å²) in [6.07, 6.45) is 2.64. The molecule has 1 amide bonds. The van der Waals surface area contributed by atoms with Gasteiger partial charge in [0, 0.05) is 24.7 Å². The van der Waals surface area contributed by atoms with E-state index in [0.717, 1.165) is 12.8 Å². The Bertz CT molecular complexity index is 640. The average molecular weight is 338 g/mol. The van der Waals surface area contributed by atoms with Crippen LogP contribution >= 0.6 is 0 Å². The third kappa shape index (κ3) is 3.93. The molecule has 0 radical (unpaired) electrons. The minimum Gasteiger partial charge on any atom is -0.334 e. The molecular formula is C17H26N2O3S. The highest BCUT2D eigenvalue weighted by atomic mass is 32.2. The van der Waals surface area contributed by atoms with Crippen molar-refractivity contribution >= 4 is 15.7 Å². The van der Waals surface area contributed by atoms with Crippen molar-refractivity contribution in [1.82, 2.24) is 4.90 Å². The molecule has 0 saturated carbocycles. The van der Waals surface area contributed by atoms with Crippen LogP contribution in [0, 0.1) is 5.92 Å². The first-order valence-electron chi connectivity index (χ1n) is 8.24. The smallest absolute Gasteiger partial charge is 0.254 e. The van der Waals surface area contributed by atoms with E-state index in [9.17, 15) is 13.2 Å². The number of hydrogen-bond acceptors (Lipinski definition) is 4. The molecule has 1 aliphatic rings. The Morgan fingerprint density at radius 1 is 1.30 bits per heavy atom. The number of carbonyl (C=O) groups is 1. The molecule has 6 heteroatoms. The van der Waals surface area contributed by atoms with Gasteiger partial charge in [0.25, 0.3) is 5.91 Å². The van der Waals surface area contributed by atoms with Crippen molar-refractivity contribution in [2.24, 2.45) is 11.7 Å². The number of piperidine rings is 1. The number of likely N-dealkylation sites (tertiary alicyclic amines) is 1. The molecule has 2 unspecified atom stereocenters. The summed E-state index contributed by atoms with van der Waals surface area (Å²) in [7, 11) is -3.25.